The van der Waals surface area contributed by atoms with Gasteiger partial charge in [-0.25, -0.2) is 0 Å². The van der Waals surface area contributed by atoms with E-state index in [0.29, 0.717) is 18.5 Å². The molecule has 1 atom stereocenters. The number of nitrogens with one attached hydrogen (secondary N) is 2. The first-order chi connectivity index (χ1) is 18.3. The highest BCUT2D eigenvalue weighted by atomic mass is 16.2. The number of anilines is 1. The van der Waals surface area contributed by atoms with E-state index in [1.54, 1.807) is 18.2 Å². The maximum atomic E-state index is 13.2. The molecule has 0 radical (unpaired) electrons. The predicted octanol–water partition coefficient (Wildman–Crippen LogP) is 3.92. The van der Waals surface area contributed by atoms with Crippen molar-refractivity contribution in [1.82, 2.24) is 15.1 Å². The molecule has 2 heterocycles. The van der Waals surface area contributed by atoms with Crippen molar-refractivity contribution in [2.24, 2.45) is 5.92 Å². The second-order valence-corrected chi connectivity index (χ2v) is 10.5. The number of hydrogen-bond acceptors (Lipinski definition) is 6. The number of aryl methyl sites for hydroxylation is 1. The minimum atomic E-state index is -0.754. The lowest BCUT2D eigenvalue weighted by Gasteiger charge is -2.31. The van der Waals surface area contributed by atoms with E-state index in [1.165, 1.54) is 42.3 Å². The van der Waals surface area contributed by atoms with E-state index in [-0.39, 0.29) is 29.9 Å². The van der Waals surface area contributed by atoms with Crippen LogP contribution in [0, 0.1) is 12.8 Å². The van der Waals surface area contributed by atoms with Crippen molar-refractivity contribution in [3.63, 3.8) is 0 Å². The lowest BCUT2D eigenvalue weighted by atomic mass is 9.94. The van der Waals surface area contributed by atoms with Crippen LogP contribution in [0.3, 0.4) is 0 Å². The first-order valence-electron chi connectivity index (χ1n) is 13.5. The van der Waals surface area contributed by atoms with Gasteiger partial charge in [-0.3, -0.25) is 29.4 Å². The molecule has 8 heteroatoms. The molecular weight excluding hydrogens is 480 g/mol. The molecule has 8 nitrogen and oxygen atoms in total. The number of likely N-dealkylation sites (N-methyl/N-ethyl adjacent to an activating group) is 1. The summed E-state index contributed by atoms with van der Waals surface area (Å²) in [7, 11) is 1.52. The fourth-order valence-corrected chi connectivity index (χ4v) is 5.45. The fraction of sp³-hybridized carbons (Fsp3) is 0.467. The van der Waals surface area contributed by atoms with Crippen molar-refractivity contribution < 1.29 is 19.2 Å². The van der Waals surface area contributed by atoms with E-state index >= 15 is 0 Å². The number of piperidine rings is 2. The van der Waals surface area contributed by atoms with Crippen LogP contribution in [0.2, 0.25) is 0 Å². The standard InChI is InChI=1S/C30H38N4O4/c1-4-21-12-14-34(15-13-21)18-23-9-8-22(16-20(23)2)17-31-26-7-5-6-24(25(26)19-35)30(38)33(3)27-10-11-28(36)32-29(27)37/h5-9,16,19,21,27,31H,4,10-15,17-18H2,1-3H3,(H,32,36,37). The third kappa shape index (κ3) is 6.30. The Morgan fingerprint density at radius 1 is 1.16 bits per heavy atom. The number of imide groups is 1. The number of likely N-dealkylation sites (tertiary alicyclic amines) is 1. The number of nitrogens with zero attached hydrogens (tertiary/aromatic N) is 2. The number of carbonyl (C=O) groups excluding carboxylic acids is 4. The highest BCUT2D eigenvalue weighted by Crippen LogP contribution is 2.25. The molecule has 38 heavy (non-hydrogen) atoms. The van der Waals surface area contributed by atoms with Gasteiger partial charge in [0, 0.05) is 32.2 Å². The molecule has 0 aliphatic carbocycles. The molecule has 2 aromatic rings. The van der Waals surface area contributed by atoms with Crippen LogP contribution < -0.4 is 10.6 Å². The molecule has 1 unspecified atom stereocenters. The first kappa shape index (κ1) is 27.5. The zero-order valence-corrected chi connectivity index (χ0v) is 22.6. The summed E-state index contributed by atoms with van der Waals surface area (Å²) in [6.07, 6.45) is 4.93. The van der Waals surface area contributed by atoms with Gasteiger partial charge >= 0.3 is 0 Å². The van der Waals surface area contributed by atoms with Gasteiger partial charge < -0.3 is 10.2 Å². The van der Waals surface area contributed by atoms with Crippen LogP contribution in [0.5, 0.6) is 0 Å². The average Bonchev–Trinajstić information content (AvgIpc) is 2.92. The molecule has 2 N–H and O–H groups in total. The Hall–Kier alpha value is -3.52. The molecule has 202 valence electrons. The van der Waals surface area contributed by atoms with Crippen LogP contribution >= 0.6 is 0 Å². The smallest absolute Gasteiger partial charge is 0.255 e. The van der Waals surface area contributed by atoms with Crippen LogP contribution in [-0.2, 0) is 22.7 Å². The maximum absolute atomic E-state index is 13.2. The Morgan fingerprint density at radius 3 is 2.58 bits per heavy atom. The van der Waals surface area contributed by atoms with Gasteiger partial charge in [0.05, 0.1) is 11.1 Å². The lowest BCUT2D eigenvalue weighted by molar-refractivity contribution is -0.136. The molecule has 2 saturated heterocycles. The third-order valence-corrected chi connectivity index (χ3v) is 8.02. The van der Waals surface area contributed by atoms with Gasteiger partial charge in [-0.2, -0.15) is 0 Å². The van der Waals surface area contributed by atoms with Crippen molar-refractivity contribution in [3.05, 3.63) is 64.2 Å². The third-order valence-electron chi connectivity index (χ3n) is 8.02. The molecule has 0 bridgehead atoms. The van der Waals surface area contributed by atoms with E-state index < -0.39 is 17.9 Å². The van der Waals surface area contributed by atoms with Crippen LogP contribution in [-0.4, -0.2) is 60.0 Å². The molecule has 2 aliphatic heterocycles. The van der Waals surface area contributed by atoms with Crippen molar-refractivity contribution in [3.8, 4) is 0 Å². The second kappa shape index (κ2) is 12.3. The Bertz CT molecular complexity index is 1200. The summed E-state index contributed by atoms with van der Waals surface area (Å²) in [5.41, 5.74) is 4.69. The molecular formula is C30H38N4O4. The van der Waals surface area contributed by atoms with Crippen LogP contribution in [0.25, 0.3) is 0 Å². The van der Waals surface area contributed by atoms with Crippen LogP contribution in [0.1, 0.15) is 76.4 Å². The zero-order valence-electron chi connectivity index (χ0n) is 22.6. The molecule has 2 aliphatic rings. The topological polar surface area (TPSA) is 98.8 Å². The number of amides is 3. The van der Waals surface area contributed by atoms with Crippen molar-refractivity contribution in [1.29, 1.82) is 0 Å². The summed E-state index contributed by atoms with van der Waals surface area (Å²) in [6, 6.07) is 10.8. The van der Waals surface area contributed by atoms with Crippen molar-refractivity contribution >= 4 is 29.7 Å². The van der Waals surface area contributed by atoms with Gasteiger partial charge in [-0.05, 0) is 74.0 Å². The summed E-state index contributed by atoms with van der Waals surface area (Å²) in [6.45, 7) is 8.20. The molecule has 4 rings (SSSR count). The predicted molar refractivity (Wildman–Crippen MR) is 147 cm³/mol. The Kier molecular flexibility index (Phi) is 8.94. The highest BCUT2D eigenvalue weighted by molar-refractivity contribution is 6.07. The fourth-order valence-electron chi connectivity index (χ4n) is 5.45. The average molecular weight is 519 g/mol. The van der Waals surface area contributed by atoms with Gasteiger partial charge in [0.15, 0.2) is 6.29 Å². The van der Waals surface area contributed by atoms with Gasteiger partial charge in [0.1, 0.15) is 6.04 Å². The van der Waals surface area contributed by atoms with E-state index in [0.717, 1.165) is 31.1 Å². The summed E-state index contributed by atoms with van der Waals surface area (Å²) >= 11 is 0. The first-order valence-corrected chi connectivity index (χ1v) is 13.5. The molecule has 0 aromatic heterocycles. The number of benzene rings is 2. The van der Waals surface area contributed by atoms with Crippen molar-refractivity contribution in [2.45, 2.75) is 65.1 Å². The van der Waals surface area contributed by atoms with E-state index in [1.807, 2.05) is 0 Å². The highest BCUT2D eigenvalue weighted by Gasteiger charge is 2.33. The largest absolute Gasteiger partial charge is 0.380 e. The van der Waals surface area contributed by atoms with E-state index in [2.05, 4.69) is 47.6 Å². The molecule has 0 spiro atoms. The van der Waals surface area contributed by atoms with Crippen LogP contribution in [0.4, 0.5) is 5.69 Å². The number of hydrogen-bond donors (Lipinski definition) is 2. The number of carbonyl (C=O) groups is 4. The van der Waals surface area contributed by atoms with Crippen molar-refractivity contribution in [2.75, 3.05) is 25.5 Å². The number of rotatable bonds is 9. The van der Waals surface area contributed by atoms with Gasteiger partial charge in [-0.1, -0.05) is 37.6 Å². The summed E-state index contributed by atoms with van der Waals surface area (Å²) in [5, 5.41) is 5.59. The maximum Gasteiger partial charge on any atom is 0.255 e. The SMILES string of the molecule is CCC1CCN(Cc2ccc(CNc3cccc(C(=O)N(C)C4CCC(=O)NC4=O)c3C=O)cc2C)CC1. The summed E-state index contributed by atoms with van der Waals surface area (Å²) < 4.78 is 0. The molecule has 2 aromatic carbocycles. The monoisotopic (exact) mass is 518 g/mol. The van der Waals surface area contributed by atoms with E-state index in [9.17, 15) is 19.2 Å². The second-order valence-electron chi connectivity index (χ2n) is 10.5. The lowest BCUT2D eigenvalue weighted by Crippen LogP contribution is -2.53. The van der Waals surface area contributed by atoms with Gasteiger partial charge in [-0.15, -0.1) is 0 Å². The minimum Gasteiger partial charge on any atom is -0.380 e. The quantitative estimate of drug-likeness (QED) is 0.386. The summed E-state index contributed by atoms with van der Waals surface area (Å²) in [4.78, 5) is 52.8. The normalized spacial score (nSPS) is 18.7. The molecule has 0 saturated carbocycles. The Balaban J connectivity index is 1.41. The number of aldehydes is 1. The Labute approximate surface area is 224 Å². The zero-order chi connectivity index (χ0) is 27.2. The van der Waals surface area contributed by atoms with Gasteiger partial charge in [0.25, 0.3) is 5.91 Å². The van der Waals surface area contributed by atoms with Crippen LogP contribution in [0.15, 0.2) is 36.4 Å². The molecule has 3 amide bonds. The molecule has 2 fully saturated rings. The Morgan fingerprint density at radius 2 is 1.92 bits per heavy atom. The summed E-state index contributed by atoms with van der Waals surface area (Å²) in [5.74, 6) is -0.410. The van der Waals surface area contributed by atoms with Gasteiger partial charge in [0.2, 0.25) is 11.8 Å². The minimum absolute atomic E-state index is 0.172. The van der Waals surface area contributed by atoms with E-state index in [4.69, 9.17) is 0 Å².